The summed E-state index contributed by atoms with van der Waals surface area (Å²) in [6.45, 7) is 3.90. The zero-order chi connectivity index (χ0) is 16.0. The van der Waals surface area contributed by atoms with Gasteiger partial charge in [-0.15, -0.1) is 0 Å². The minimum atomic E-state index is -3.69. The Hall–Kier alpha value is -1.47. The van der Waals surface area contributed by atoms with E-state index in [-0.39, 0.29) is 22.4 Å². The van der Waals surface area contributed by atoms with Crippen molar-refractivity contribution in [1.82, 2.24) is 4.72 Å². The minimum Gasteiger partial charge on any atom is -0.495 e. The monoisotopic (exact) mass is 316 g/mol. The lowest BCUT2D eigenvalue weighted by molar-refractivity contribution is 0.387. The van der Waals surface area contributed by atoms with Crippen molar-refractivity contribution in [2.75, 3.05) is 20.0 Å². The smallest absolute Gasteiger partial charge is 0.244 e. The van der Waals surface area contributed by atoms with E-state index in [4.69, 9.17) is 15.2 Å². The standard InChI is InChI=1S/C14H24N2O4S/c1-5-6-7-10(2)16-21(17,18)14-8-11(15)12(19-3)9-13(14)20-4/h8-10,16H,5-7,15H2,1-4H3. The quantitative estimate of drug-likeness (QED) is 0.717. The molecule has 0 bridgehead atoms. The lowest BCUT2D eigenvalue weighted by Crippen LogP contribution is -2.32. The summed E-state index contributed by atoms with van der Waals surface area (Å²) >= 11 is 0. The van der Waals surface area contributed by atoms with Gasteiger partial charge in [0.05, 0.1) is 19.9 Å². The maximum absolute atomic E-state index is 12.4. The molecule has 3 N–H and O–H groups in total. The molecule has 0 aliphatic heterocycles. The van der Waals surface area contributed by atoms with Gasteiger partial charge in [-0.2, -0.15) is 0 Å². The van der Waals surface area contributed by atoms with Gasteiger partial charge in [-0.1, -0.05) is 19.8 Å². The maximum Gasteiger partial charge on any atom is 0.244 e. The van der Waals surface area contributed by atoms with Crippen LogP contribution in [0.4, 0.5) is 5.69 Å². The van der Waals surface area contributed by atoms with E-state index in [0.717, 1.165) is 19.3 Å². The summed E-state index contributed by atoms with van der Waals surface area (Å²) in [6.07, 6.45) is 2.76. The first kappa shape index (κ1) is 17.6. The third-order valence-corrected chi connectivity index (χ3v) is 4.76. The average molecular weight is 316 g/mol. The molecule has 120 valence electrons. The molecule has 1 rings (SSSR count). The number of nitrogens with one attached hydrogen (secondary N) is 1. The van der Waals surface area contributed by atoms with Gasteiger partial charge >= 0.3 is 0 Å². The molecule has 0 saturated heterocycles. The second kappa shape index (κ2) is 7.51. The SMILES string of the molecule is CCCCC(C)NS(=O)(=O)c1cc(N)c(OC)cc1OC. The van der Waals surface area contributed by atoms with Crippen molar-refractivity contribution in [2.24, 2.45) is 0 Å². The van der Waals surface area contributed by atoms with E-state index in [1.165, 1.54) is 26.4 Å². The lowest BCUT2D eigenvalue weighted by atomic mass is 10.2. The number of hydrogen-bond acceptors (Lipinski definition) is 5. The molecule has 0 saturated carbocycles. The summed E-state index contributed by atoms with van der Waals surface area (Å²) in [5.74, 6) is 0.584. The number of ether oxygens (including phenoxy) is 2. The molecule has 0 spiro atoms. The van der Waals surface area contributed by atoms with E-state index in [1.54, 1.807) is 0 Å². The van der Waals surface area contributed by atoms with Crippen LogP contribution in [0.5, 0.6) is 11.5 Å². The summed E-state index contributed by atoms with van der Waals surface area (Å²) < 4.78 is 37.7. The molecule has 0 aromatic heterocycles. The molecule has 0 fully saturated rings. The van der Waals surface area contributed by atoms with Gasteiger partial charge in [-0.25, -0.2) is 13.1 Å². The van der Waals surface area contributed by atoms with E-state index < -0.39 is 10.0 Å². The molecule has 1 atom stereocenters. The van der Waals surface area contributed by atoms with Gasteiger partial charge in [0, 0.05) is 12.1 Å². The molecule has 21 heavy (non-hydrogen) atoms. The van der Waals surface area contributed by atoms with Gasteiger partial charge in [0.15, 0.2) is 0 Å². The minimum absolute atomic E-state index is 0.0200. The number of anilines is 1. The van der Waals surface area contributed by atoms with Crippen LogP contribution in [0.3, 0.4) is 0 Å². The van der Waals surface area contributed by atoms with Gasteiger partial charge in [0.1, 0.15) is 16.4 Å². The van der Waals surface area contributed by atoms with Crippen LogP contribution in [-0.2, 0) is 10.0 Å². The van der Waals surface area contributed by atoms with Crippen LogP contribution in [0.25, 0.3) is 0 Å². The predicted molar refractivity (Wildman–Crippen MR) is 83.3 cm³/mol. The Bertz CT molecular complexity index is 573. The second-order valence-electron chi connectivity index (χ2n) is 4.91. The van der Waals surface area contributed by atoms with Crippen LogP contribution < -0.4 is 19.9 Å². The fourth-order valence-corrected chi connectivity index (χ4v) is 3.46. The number of methoxy groups -OCH3 is 2. The summed E-state index contributed by atoms with van der Waals surface area (Å²) in [5.41, 5.74) is 6.04. The van der Waals surface area contributed by atoms with E-state index >= 15 is 0 Å². The molecule has 1 aromatic carbocycles. The van der Waals surface area contributed by atoms with Gasteiger partial charge in [-0.05, 0) is 19.4 Å². The highest BCUT2D eigenvalue weighted by Crippen LogP contribution is 2.33. The Morgan fingerprint density at radius 1 is 1.24 bits per heavy atom. The second-order valence-corrected chi connectivity index (χ2v) is 6.59. The van der Waals surface area contributed by atoms with Gasteiger partial charge < -0.3 is 15.2 Å². The number of sulfonamides is 1. The molecule has 0 amide bonds. The fourth-order valence-electron chi connectivity index (χ4n) is 2.00. The van der Waals surface area contributed by atoms with Crippen molar-refractivity contribution >= 4 is 15.7 Å². The van der Waals surface area contributed by atoms with Crippen LogP contribution in [0.15, 0.2) is 17.0 Å². The Labute approximate surface area is 126 Å². The van der Waals surface area contributed by atoms with Crippen molar-refractivity contribution < 1.29 is 17.9 Å². The van der Waals surface area contributed by atoms with E-state index in [0.29, 0.717) is 5.75 Å². The first-order chi connectivity index (χ1) is 9.85. The molecule has 0 aliphatic rings. The van der Waals surface area contributed by atoms with E-state index in [9.17, 15) is 8.42 Å². The highest BCUT2D eigenvalue weighted by atomic mass is 32.2. The Balaban J connectivity index is 3.10. The first-order valence-electron chi connectivity index (χ1n) is 6.89. The summed E-state index contributed by atoms with van der Waals surface area (Å²) in [4.78, 5) is 0.0200. The summed E-state index contributed by atoms with van der Waals surface area (Å²) in [5, 5.41) is 0. The maximum atomic E-state index is 12.4. The van der Waals surface area contributed by atoms with E-state index in [2.05, 4.69) is 11.6 Å². The zero-order valence-corrected chi connectivity index (χ0v) is 13.8. The number of nitrogens with two attached hydrogens (primary N) is 1. The zero-order valence-electron chi connectivity index (χ0n) is 13.0. The van der Waals surface area contributed by atoms with Crippen LogP contribution >= 0.6 is 0 Å². The number of unbranched alkanes of at least 4 members (excludes halogenated alkanes) is 1. The third kappa shape index (κ3) is 4.50. The molecule has 0 aliphatic carbocycles. The van der Waals surface area contributed by atoms with Crippen LogP contribution in [0.2, 0.25) is 0 Å². The highest BCUT2D eigenvalue weighted by Gasteiger charge is 2.23. The average Bonchev–Trinajstić information content (AvgIpc) is 2.44. The lowest BCUT2D eigenvalue weighted by Gasteiger charge is -2.17. The molecule has 0 radical (unpaired) electrons. The van der Waals surface area contributed by atoms with Crippen molar-refractivity contribution in [2.45, 2.75) is 44.0 Å². The molecule has 1 unspecified atom stereocenters. The summed E-state index contributed by atoms with van der Waals surface area (Å²) in [6, 6.07) is 2.68. The van der Waals surface area contributed by atoms with Crippen LogP contribution in [0.1, 0.15) is 33.1 Å². The molecular weight excluding hydrogens is 292 g/mol. The highest BCUT2D eigenvalue weighted by molar-refractivity contribution is 7.89. The number of rotatable bonds is 8. The van der Waals surface area contributed by atoms with Crippen LogP contribution in [0, 0.1) is 0 Å². The molecule has 1 aromatic rings. The van der Waals surface area contributed by atoms with Crippen molar-refractivity contribution in [1.29, 1.82) is 0 Å². The largest absolute Gasteiger partial charge is 0.495 e. The normalized spacial score (nSPS) is 13.0. The first-order valence-corrected chi connectivity index (χ1v) is 8.37. The van der Waals surface area contributed by atoms with Crippen molar-refractivity contribution in [3.8, 4) is 11.5 Å². The predicted octanol–water partition coefficient (Wildman–Crippen LogP) is 2.14. The molecular formula is C14H24N2O4S. The van der Waals surface area contributed by atoms with Gasteiger partial charge in [0.2, 0.25) is 10.0 Å². The number of nitrogen functional groups attached to an aromatic ring is 1. The molecule has 6 nitrogen and oxygen atoms in total. The van der Waals surface area contributed by atoms with E-state index in [1.807, 2.05) is 6.92 Å². The molecule has 0 heterocycles. The Morgan fingerprint density at radius 3 is 2.38 bits per heavy atom. The van der Waals surface area contributed by atoms with Crippen molar-refractivity contribution in [3.05, 3.63) is 12.1 Å². The Morgan fingerprint density at radius 2 is 1.86 bits per heavy atom. The third-order valence-electron chi connectivity index (χ3n) is 3.15. The van der Waals surface area contributed by atoms with Crippen molar-refractivity contribution in [3.63, 3.8) is 0 Å². The fraction of sp³-hybridized carbons (Fsp3) is 0.571. The number of benzene rings is 1. The summed E-state index contributed by atoms with van der Waals surface area (Å²) in [7, 11) is -0.821. The van der Waals surface area contributed by atoms with Crippen LogP contribution in [-0.4, -0.2) is 28.7 Å². The van der Waals surface area contributed by atoms with Gasteiger partial charge in [0.25, 0.3) is 0 Å². The molecule has 7 heteroatoms. The Kier molecular flexibility index (Phi) is 6.29. The number of hydrogen-bond donors (Lipinski definition) is 2. The topological polar surface area (TPSA) is 90.7 Å². The van der Waals surface area contributed by atoms with Gasteiger partial charge in [-0.3, -0.25) is 0 Å².